The lowest BCUT2D eigenvalue weighted by molar-refractivity contribution is 0.169. The Balaban J connectivity index is 2.49. The molecule has 0 aliphatic heterocycles. The second-order valence-corrected chi connectivity index (χ2v) is 4.55. The van der Waals surface area contributed by atoms with Gasteiger partial charge in [0, 0.05) is 6.04 Å². The molecule has 2 N–H and O–H groups in total. The first-order valence-electron chi connectivity index (χ1n) is 4.27. The lowest BCUT2D eigenvalue weighted by atomic mass is 9.71. The molecule has 10 heavy (non-hydrogen) atoms. The van der Waals surface area contributed by atoms with Gasteiger partial charge in [0.2, 0.25) is 0 Å². The van der Waals surface area contributed by atoms with E-state index in [2.05, 4.69) is 20.8 Å². The molecule has 1 saturated carbocycles. The van der Waals surface area contributed by atoms with Crippen LogP contribution in [0.5, 0.6) is 0 Å². The smallest absolute Gasteiger partial charge is 0.00649 e. The Morgan fingerprint density at radius 3 is 2.40 bits per heavy atom. The van der Waals surface area contributed by atoms with E-state index < -0.39 is 0 Å². The molecule has 2 atom stereocenters. The minimum atomic E-state index is 0.466. The van der Waals surface area contributed by atoms with Crippen LogP contribution in [0, 0.1) is 11.3 Å². The normalized spacial score (nSPS) is 39.6. The fraction of sp³-hybridized carbons (Fsp3) is 1.00. The summed E-state index contributed by atoms with van der Waals surface area (Å²) in [5, 5.41) is 0. The van der Waals surface area contributed by atoms with E-state index in [1.54, 1.807) is 0 Å². The Morgan fingerprint density at radius 1 is 1.40 bits per heavy atom. The quantitative estimate of drug-likeness (QED) is 0.549. The molecule has 0 aromatic rings. The van der Waals surface area contributed by atoms with Crippen LogP contribution in [0.25, 0.3) is 0 Å². The maximum absolute atomic E-state index is 5.90. The minimum Gasteiger partial charge on any atom is -0.327 e. The van der Waals surface area contributed by atoms with Crippen molar-refractivity contribution in [2.24, 2.45) is 17.1 Å². The third kappa shape index (κ3) is 1.72. The molecule has 0 spiro atoms. The lowest BCUT2D eigenvalue weighted by Crippen LogP contribution is -2.37. The van der Waals surface area contributed by atoms with Crippen molar-refractivity contribution in [3.8, 4) is 0 Å². The fourth-order valence-corrected chi connectivity index (χ4v) is 1.97. The van der Waals surface area contributed by atoms with Gasteiger partial charge in [-0.15, -0.1) is 0 Å². The van der Waals surface area contributed by atoms with E-state index in [1.165, 1.54) is 19.3 Å². The van der Waals surface area contributed by atoms with Gasteiger partial charge in [-0.1, -0.05) is 20.8 Å². The molecule has 1 heteroatoms. The number of rotatable bonds is 0. The van der Waals surface area contributed by atoms with Crippen LogP contribution in [0.2, 0.25) is 0 Å². The molecule has 1 aliphatic carbocycles. The minimum absolute atomic E-state index is 0.466. The summed E-state index contributed by atoms with van der Waals surface area (Å²) in [6.45, 7) is 6.95. The Morgan fingerprint density at radius 2 is 2.00 bits per heavy atom. The molecule has 0 amide bonds. The maximum Gasteiger partial charge on any atom is 0.00649 e. The summed E-state index contributed by atoms with van der Waals surface area (Å²) in [7, 11) is 0. The lowest BCUT2D eigenvalue weighted by Gasteiger charge is -2.37. The zero-order chi connectivity index (χ0) is 7.78. The molecule has 1 fully saturated rings. The summed E-state index contributed by atoms with van der Waals surface area (Å²) in [5.74, 6) is 0.726. The molecule has 0 aromatic carbocycles. The van der Waals surface area contributed by atoms with Crippen LogP contribution in [0.1, 0.15) is 40.0 Å². The van der Waals surface area contributed by atoms with Crippen molar-refractivity contribution in [3.05, 3.63) is 0 Å². The molecule has 0 saturated heterocycles. The monoisotopic (exact) mass is 141 g/mol. The molecule has 0 unspecified atom stereocenters. The summed E-state index contributed by atoms with van der Waals surface area (Å²) in [4.78, 5) is 0. The predicted octanol–water partition coefficient (Wildman–Crippen LogP) is 2.16. The van der Waals surface area contributed by atoms with Crippen LogP contribution in [-0.4, -0.2) is 6.04 Å². The van der Waals surface area contributed by atoms with Crippen molar-refractivity contribution in [1.29, 1.82) is 0 Å². The highest BCUT2D eigenvalue weighted by Crippen LogP contribution is 2.37. The average molecular weight is 141 g/mol. The van der Waals surface area contributed by atoms with E-state index in [0.717, 1.165) is 5.92 Å². The van der Waals surface area contributed by atoms with Gasteiger partial charge in [0.05, 0.1) is 0 Å². The summed E-state index contributed by atoms with van der Waals surface area (Å²) >= 11 is 0. The van der Waals surface area contributed by atoms with Crippen molar-refractivity contribution in [2.45, 2.75) is 46.1 Å². The molecule has 0 bridgehead atoms. The van der Waals surface area contributed by atoms with Crippen molar-refractivity contribution in [2.75, 3.05) is 0 Å². The highest BCUT2D eigenvalue weighted by molar-refractivity contribution is 4.84. The molecular formula is C9H19N. The van der Waals surface area contributed by atoms with Crippen molar-refractivity contribution >= 4 is 0 Å². The zero-order valence-corrected chi connectivity index (χ0v) is 7.35. The van der Waals surface area contributed by atoms with E-state index in [1.807, 2.05) is 0 Å². The van der Waals surface area contributed by atoms with Crippen LogP contribution >= 0.6 is 0 Å². The van der Waals surface area contributed by atoms with Gasteiger partial charge >= 0.3 is 0 Å². The Hall–Kier alpha value is -0.0400. The Bertz CT molecular complexity index is 118. The largest absolute Gasteiger partial charge is 0.327 e. The predicted molar refractivity (Wildman–Crippen MR) is 44.8 cm³/mol. The van der Waals surface area contributed by atoms with E-state index in [-0.39, 0.29) is 0 Å². The Kier molecular flexibility index (Phi) is 2.04. The maximum atomic E-state index is 5.90. The molecule has 1 rings (SSSR count). The zero-order valence-electron chi connectivity index (χ0n) is 7.35. The number of hydrogen-bond donors (Lipinski definition) is 1. The third-order valence-electron chi connectivity index (χ3n) is 2.76. The molecule has 60 valence electrons. The third-order valence-corrected chi connectivity index (χ3v) is 2.76. The van der Waals surface area contributed by atoms with E-state index in [0.29, 0.717) is 11.5 Å². The molecule has 0 heterocycles. The van der Waals surface area contributed by atoms with Gasteiger partial charge in [-0.05, 0) is 30.6 Å². The van der Waals surface area contributed by atoms with Crippen molar-refractivity contribution in [1.82, 2.24) is 0 Å². The SMILES string of the molecule is C[C@H]1CC(C)(C)CC[C@@H]1N. The molecule has 0 radical (unpaired) electrons. The first kappa shape index (κ1) is 8.06. The fourth-order valence-electron chi connectivity index (χ4n) is 1.97. The first-order valence-corrected chi connectivity index (χ1v) is 4.27. The summed E-state index contributed by atoms with van der Waals surface area (Å²) < 4.78 is 0. The number of nitrogens with two attached hydrogens (primary N) is 1. The molecule has 1 nitrogen and oxygen atoms in total. The summed E-state index contributed by atoms with van der Waals surface area (Å²) in [6, 6.07) is 0.466. The highest BCUT2D eigenvalue weighted by Gasteiger charge is 2.29. The average Bonchev–Trinajstić information content (AvgIpc) is 1.79. The van der Waals surface area contributed by atoms with Crippen LogP contribution in [-0.2, 0) is 0 Å². The van der Waals surface area contributed by atoms with Gasteiger partial charge in [0.15, 0.2) is 0 Å². The van der Waals surface area contributed by atoms with Gasteiger partial charge < -0.3 is 5.73 Å². The summed E-state index contributed by atoms with van der Waals surface area (Å²) in [5.41, 5.74) is 6.45. The van der Waals surface area contributed by atoms with Crippen molar-refractivity contribution in [3.63, 3.8) is 0 Å². The molecular weight excluding hydrogens is 122 g/mol. The van der Waals surface area contributed by atoms with E-state index in [4.69, 9.17) is 5.73 Å². The number of hydrogen-bond acceptors (Lipinski definition) is 1. The molecule has 1 aliphatic rings. The van der Waals surface area contributed by atoms with Gasteiger partial charge in [-0.2, -0.15) is 0 Å². The molecule has 0 aromatic heterocycles. The first-order chi connectivity index (χ1) is 4.51. The van der Waals surface area contributed by atoms with Crippen LogP contribution in [0.4, 0.5) is 0 Å². The second kappa shape index (κ2) is 2.54. The van der Waals surface area contributed by atoms with Gasteiger partial charge in [-0.3, -0.25) is 0 Å². The Labute approximate surface area is 64.0 Å². The van der Waals surface area contributed by atoms with Crippen molar-refractivity contribution < 1.29 is 0 Å². The van der Waals surface area contributed by atoms with E-state index >= 15 is 0 Å². The standard InChI is InChI=1S/C9H19N/c1-7-6-9(2,3)5-4-8(7)10/h7-8H,4-6,10H2,1-3H3/t7-,8-/m0/s1. The van der Waals surface area contributed by atoms with Crippen LogP contribution < -0.4 is 5.73 Å². The van der Waals surface area contributed by atoms with Crippen LogP contribution in [0.15, 0.2) is 0 Å². The van der Waals surface area contributed by atoms with E-state index in [9.17, 15) is 0 Å². The van der Waals surface area contributed by atoms with Gasteiger partial charge in [0.25, 0.3) is 0 Å². The van der Waals surface area contributed by atoms with Gasteiger partial charge in [-0.25, -0.2) is 0 Å². The second-order valence-electron chi connectivity index (χ2n) is 4.55. The van der Waals surface area contributed by atoms with Crippen LogP contribution in [0.3, 0.4) is 0 Å². The topological polar surface area (TPSA) is 26.0 Å². The highest BCUT2D eigenvalue weighted by atomic mass is 14.7. The van der Waals surface area contributed by atoms with Gasteiger partial charge in [0.1, 0.15) is 0 Å². The summed E-state index contributed by atoms with van der Waals surface area (Å²) in [6.07, 6.45) is 3.82.